The quantitative estimate of drug-likeness (QED) is 0.717. The van der Waals surface area contributed by atoms with Crippen molar-refractivity contribution in [2.45, 2.75) is 32.2 Å². The van der Waals surface area contributed by atoms with E-state index >= 15 is 0 Å². The molecule has 1 aromatic rings. The van der Waals surface area contributed by atoms with Crippen molar-refractivity contribution < 1.29 is 22.7 Å². The summed E-state index contributed by atoms with van der Waals surface area (Å²) in [6.07, 6.45) is 1.29. The van der Waals surface area contributed by atoms with E-state index in [4.69, 9.17) is 4.74 Å². The molecule has 1 aromatic carbocycles. The summed E-state index contributed by atoms with van der Waals surface area (Å²) in [5.41, 5.74) is 1.06. The number of carbonyl (C=O) groups excluding carboxylic acids is 2. The lowest BCUT2D eigenvalue weighted by Gasteiger charge is -2.26. The van der Waals surface area contributed by atoms with Crippen molar-refractivity contribution in [2.75, 3.05) is 31.7 Å². The van der Waals surface area contributed by atoms with Gasteiger partial charge in [-0.15, -0.1) is 0 Å². The van der Waals surface area contributed by atoms with Crippen LogP contribution in [-0.2, 0) is 25.8 Å². The molecular weight excluding hydrogens is 356 g/mol. The van der Waals surface area contributed by atoms with Crippen molar-refractivity contribution in [2.24, 2.45) is 0 Å². The van der Waals surface area contributed by atoms with Crippen LogP contribution in [0.15, 0.2) is 24.3 Å². The second-order valence-electron chi connectivity index (χ2n) is 6.47. The topological polar surface area (TPSA) is 92.8 Å². The Balaban J connectivity index is 1.76. The first-order chi connectivity index (χ1) is 12.3. The van der Waals surface area contributed by atoms with Crippen LogP contribution in [-0.4, -0.2) is 62.9 Å². The highest BCUT2D eigenvalue weighted by atomic mass is 32.2. The van der Waals surface area contributed by atoms with Gasteiger partial charge < -0.3 is 15.0 Å². The van der Waals surface area contributed by atoms with Crippen molar-refractivity contribution in [1.29, 1.82) is 0 Å². The molecule has 0 aliphatic carbocycles. The first kappa shape index (κ1) is 20.2. The SMILES string of the molecule is COc1cccc(CCNC(=O)CCN(C(C)=O)C2CCS(=O)(=O)C2)c1. The zero-order chi connectivity index (χ0) is 19.2. The van der Waals surface area contributed by atoms with Crippen LogP contribution in [0.25, 0.3) is 0 Å². The van der Waals surface area contributed by atoms with E-state index in [9.17, 15) is 18.0 Å². The van der Waals surface area contributed by atoms with Crippen LogP contribution in [0.5, 0.6) is 5.75 Å². The molecule has 0 aromatic heterocycles. The molecule has 1 N–H and O–H groups in total. The Bertz CT molecular complexity index is 748. The van der Waals surface area contributed by atoms with Crippen LogP contribution < -0.4 is 10.1 Å². The van der Waals surface area contributed by atoms with Crippen LogP contribution in [0.1, 0.15) is 25.3 Å². The molecular formula is C18H26N2O5S. The first-order valence-corrected chi connectivity index (χ1v) is 10.5. The summed E-state index contributed by atoms with van der Waals surface area (Å²) >= 11 is 0. The van der Waals surface area contributed by atoms with E-state index in [1.165, 1.54) is 11.8 Å². The number of nitrogens with one attached hydrogen (secondary N) is 1. The second kappa shape index (κ2) is 9.02. The number of amides is 2. The van der Waals surface area contributed by atoms with Crippen molar-refractivity contribution >= 4 is 21.7 Å². The summed E-state index contributed by atoms with van der Waals surface area (Å²) in [4.78, 5) is 25.3. The van der Waals surface area contributed by atoms with Gasteiger partial charge in [0.1, 0.15) is 5.75 Å². The third-order valence-corrected chi connectivity index (χ3v) is 6.25. The Morgan fingerprint density at radius 2 is 2.12 bits per heavy atom. The molecule has 1 fully saturated rings. The summed E-state index contributed by atoms with van der Waals surface area (Å²) in [5, 5.41) is 2.83. The van der Waals surface area contributed by atoms with Crippen LogP contribution in [0, 0.1) is 0 Å². The summed E-state index contributed by atoms with van der Waals surface area (Å²) in [7, 11) is -1.46. The zero-order valence-corrected chi connectivity index (χ0v) is 16.0. The number of carbonyl (C=O) groups is 2. The third-order valence-electron chi connectivity index (χ3n) is 4.50. The van der Waals surface area contributed by atoms with E-state index in [0.717, 1.165) is 11.3 Å². The Morgan fingerprint density at radius 1 is 1.35 bits per heavy atom. The van der Waals surface area contributed by atoms with Crippen LogP contribution in [0.4, 0.5) is 0 Å². The zero-order valence-electron chi connectivity index (χ0n) is 15.2. The molecule has 0 bridgehead atoms. The number of rotatable bonds is 8. The number of ether oxygens (including phenoxy) is 1. The highest BCUT2D eigenvalue weighted by Gasteiger charge is 2.33. The molecule has 2 amide bonds. The van der Waals surface area contributed by atoms with Gasteiger partial charge in [0.2, 0.25) is 11.8 Å². The van der Waals surface area contributed by atoms with Gasteiger partial charge in [-0.1, -0.05) is 12.1 Å². The van der Waals surface area contributed by atoms with Gasteiger partial charge in [0.15, 0.2) is 9.84 Å². The minimum Gasteiger partial charge on any atom is -0.497 e. The molecule has 2 rings (SSSR count). The highest BCUT2D eigenvalue weighted by molar-refractivity contribution is 7.91. The Hall–Kier alpha value is -2.09. The molecule has 1 heterocycles. The van der Waals surface area contributed by atoms with E-state index in [0.29, 0.717) is 19.4 Å². The normalized spacial score (nSPS) is 18.3. The first-order valence-electron chi connectivity index (χ1n) is 8.68. The number of methoxy groups -OCH3 is 1. The Morgan fingerprint density at radius 3 is 2.73 bits per heavy atom. The molecule has 0 spiro atoms. The average molecular weight is 382 g/mol. The van der Waals surface area contributed by atoms with Gasteiger partial charge in [0.25, 0.3) is 0 Å². The molecule has 26 heavy (non-hydrogen) atoms. The number of sulfone groups is 1. The van der Waals surface area contributed by atoms with E-state index in [-0.39, 0.29) is 42.3 Å². The summed E-state index contributed by atoms with van der Waals surface area (Å²) in [6.45, 7) is 2.13. The van der Waals surface area contributed by atoms with Crippen LogP contribution in [0.3, 0.4) is 0 Å². The maximum absolute atomic E-state index is 12.0. The summed E-state index contributed by atoms with van der Waals surface area (Å²) in [6, 6.07) is 7.33. The Labute approximate surface area is 154 Å². The maximum Gasteiger partial charge on any atom is 0.221 e. The maximum atomic E-state index is 12.0. The van der Waals surface area contributed by atoms with Crippen molar-refractivity contribution in [1.82, 2.24) is 10.2 Å². The fourth-order valence-electron chi connectivity index (χ4n) is 3.10. The van der Waals surface area contributed by atoms with Gasteiger partial charge in [0, 0.05) is 32.5 Å². The largest absolute Gasteiger partial charge is 0.497 e. The van der Waals surface area contributed by atoms with Crippen molar-refractivity contribution in [3.63, 3.8) is 0 Å². The lowest BCUT2D eigenvalue weighted by Crippen LogP contribution is -2.42. The molecule has 1 unspecified atom stereocenters. The van der Waals surface area contributed by atoms with E-state index < -0.39 is 9.84 Å². The predicted molar refractivity (Wildman–Crippen MR) is 98.8 cm³/mol. The minimum atomic E-state index is -3.07. The van der Waals surface area contributed by atoms with Gasteiger partial charge in [-0.25, -0.2) is 8.42 Å². The monoisotopic (exact) mass is 382 g/mol. The number of benzene rings is 1. The van der Waals surface area contributed by atoms with E-state index in [1.54, 1.807) is 7.11 Å². The second-order valence-corrected chi connectivity index (χ2v) is 8.70. The van der Waals surface area contributed by atoms with Gasteiger partial charge in [-0.3, -0.25) is 9.59 Å². The third kappa shape index (κ3) is 6.01. The van der Waals surface area contributed by atoms with Gasteiger partial charge in [-0.2, -0.15) is 0 Å². The molecule has 0 radical (unpaired) electrons. The minimum absolute atomic E-state index is 0.00988. The smallest absolute Gasteiger partial charge is 0.221 e. The van der Waals surface area contributed by atoms with Gasteiger partial charge in [0.05, 0.1) is 18.6 Å². The summed E-state index contributed by atoms with van der Waals surface area (Å²) in [5.74, 6) is 0.520. The number of hydrogen-bond donors (Lipinski definition) is 1. The van der Waals surface area contributed by atoms with Crippen molar-refractivity contribution in [3.8, 4) is 5.75 Å². The fourth-order valence-corrected chi connectivity index (χ4v) is 4.83. The molecule has 1 saturated heterocycles. The van der Waals surface area contributed by atoms with Gasteiger partial charge >= 0.3 is 0 Å². The van der Waals surface area contributed by atoms with Crippen LogP contribution >= 0.6 is 0 Å². The molecule has 144 valence electrons. The van der Waals surface area contributed by atoms with Crippen molar-refractivity contribution in [3.05, 3.63) is 29.8 Å². The highest BCUT2D eigenvalue weighted by Crippen LogP contribution is 2.18. The molecule has 8 heteroatoms. The van der Waals surface area contributed by atoms with E-state index in [1.807, 2.05) is 24.3 Å². The van der Waals surface area contributed by atoms with Gasteiger partial charge in [-0.05, 0) is 30.5 Å². The lowest BCUT2D eigenvalue weighted by atomic mass is 10.1. The summed E-state index contributed by atoms with van der Waals surface area (Å²) < 4.78 is 28.4. The Kier molecular flexibility index (Phi) is 7.02. The molecule has 1 atom stereocenters. The fraction of sp³-hybridized carbons (Fsp3) is 0.556. The lowest BCUT2D eigenvalue weighted by molar-refractivity contribution is -0.131. The molecule has 1 aliphatic heterocycles. The molecule has 1 aliphatic rings. The number of nitrogens with zero attached hydrogens (tertiary/aromatic N) is 1. The number of hydrogen-bond acceptors (Lipinski definition) is 5. The molecule has 0 saturated carbocycles. The average Bonchev–Trinajstić information content (AvgIpc) is 2.94. The van der Waals surface area contributed by atoms with E-state index in [2.05, 4.69) is 5.32 Å². The standard InChI is InChI=1S/C18H26N2O5S/c1-14(21)20(16-8-11-26(23,24)13-16)10-7-18(22)19-9-6-15-4-3-5-17(12-15)25-2/h3-5,12,16H,6-11,13H2,1-2H3,(H,19,22). The molecule has 7 nitrogen and oxygen atoms in total. The predicted octanol–water partition coefficient (Wildman–Crippen LogP) is 0.780. The van der Waals surface area contributed by atoms with Crippen LogP contribution in [0.2, 0.25) is 0 Å².